The fourth-order valence-electron chi connectivity index (χ4n) is 3.82. The molecule has 3 rings (SSSR count). The highest BCUT2D eigenvalue weighted by Crippen LogP contribution is 2.22. The summed E-state index contributed by atoms with van der Waals surface area (Å²) >= 11 is 0. The van der Waals surface area contributed by atoms with Gasteiger partial charge in [-0.1, -0.05) is 18.2 Å². The van der Waals surface area contributed by atoms with E-state index in [0.29, 0.717) is 12.5 Å². The van der Waals surface area contributed by atoms with Crippen molar-refractivity contribution >= 4 is 17.5 Å². The van der Waals surface area contributed by atoms with Crippen LogP contribution in [-0.4, -0.2) is 54.3 Å². The Bertz CT molecular complexity index is 603. The molecule has 5 heteroatoms. The molecule has 2 aliphatic heterocycles. The van der Waals surface area contributed by atoms with Gasteiger partial charge in [-0.05, 0) is 63.7 Å². The van der Waals surface area contributed by atoms with E-state index in [9.17, 15) is 9.59 Å². The first-order valence-electron chi connectivity index (χ1n) is 9.50. The summed E-state index contributed by atoms with van der Waals surface area (Å²) in [4.78, 5) is 29.1. The maximum Gasteiger partial charge on any atom is 0.238 e. The first-order chi connectivity index (χ1) is 12.1. The van der Waals surface area contributed by atoms with Gasteiger partial charge in [-0.3, -0.25) is 14.5 Å². The van der Waals surface area contributed by atoms with Crippen molar-refractivity contribution in [3.05, 3.63) is 29.8 Å². The Kier molecular flexibility index (Phi) is 6.08. The number of likely N-dealkylation sites (tertiary alicyclic amines) is 2. The summed E-state index contributed by atoms with van der Waals surface area (Å²) in [7, 11) is 0. The summed E-state index contributed by atoms with van der Waals surface area (Å²) in [5.74, 6) is 0.507. The molecule has 0 unspecified atom stereocenters. The fourth-order valence-corrected chi connectivity index (χ4v) is 3.82. The molecule has 2 saturated heterocycles. The van der Waals surface area contributed by atoms with Crippen molar-refractivity contribution in [2.24, 2.45) is 5.92 Å². The number of amides is 2. The van der Waals surface area contributed by atoms with Crippen LogP contribution in [-0.2, 0) is 9.59 Å². The molecule has 2 heterocycles. The normalized spacial score (nSPS) is 19.6. The first kappa shape index (κ1) is 17.9. The first-order valence-corrected chi connectivity index (χ1v) is 9.50. The molecule has 0 bridgehead atoms. The third-order valence-electron chi connectivity index (χ3n) is 5.39. The molecule has 136 valence electrons. The smallest absolute Gasteiger partial charge is 0.238 e. The van der Waals surface area contributed by atoms with Gasteiger partial charge >= 0.3 is 0 Å². The van der Waals surface area contributed by atoms with Gasteiger partial charge in [0.05, 0.1) is 6.54 Å². The van der Waals surface area contributed by atoms with Gasteiger partial charge in [0.2, 0.25) is 11.8 Å². The second-order valence-electron chi connectivity index (χ2n) is 7.30. The minimum Gasteiger partial charge on any atom is -0.342 e. The van der Waals surface area contributed by atoms with E-state index in [0.717, 1.165) is 63.1 Å². The van der Waals surface area contributed by atoms with Crippen LogP contribution < -0.4 is 5.32 Å². The molecule has 0 aliphatic carbocycles. The molecular weight excluding hydrogens is 314 g/mol. The topological polar surface area (TPSA) is 52.7 Å². The minimum absolute atomic E-state index is 0.0232. The van der Waals surface area contributed by atoms with Gasteiger partial charge in [-0.25, -0.2) is 0 Å². The second kappa shape index (κ2) is 8.48. The van der Waals surface area contributed by atoms with Crippen molar-refractivity contribution in [3.63, 3.8) is 0 Å². The zero-order valence-electron chi connectivity index (χ0n) is 15.2. The van der Waals surface area contributed by atoms with Gasteiger partial charge in [0.1, 0.15) is 0 Å². The third-order valence-corrected chi connectivity index (χ3v) is 5.39. The van der Waals surface area contributed by atoms with Gasteiger partial charge in [-0.2, -0.15) is 0 Å². The van der Waals surface area contributed by atoms with Gasteiger partial charge in [0.15, 0.2) is 0 Å². The van der Waals surface area contributed by atoms with Crippen LogP contribution in [0.5, 0.6) is 0 Å². The van der Waals surface area contributed by atoms with E-state index in [1.807, 2.05) is 31.2 Å². The molecule has 0 aromatic heterocycles. The quantitative estimate of drug-likeness (QED) is 0.914. The molecule has 5 nitrogen and oxygen atoms in total. The Hall–Kier alpha value is -1.88. The van der Waals surface area contributed by atoms with E-state index in [1.54, 1.807) is 0 Å². The van der Waals surface area contributed by atoms with Crippen LogP contribution in [0.1, 0.15) is 37.7 Å². The summed E-state index contributed by atoms with van der Waals surface area (Å²) < 4.78 is 0. The third kappa shape index (κ3) is 4.82. The minimum atomic E-state index is 0.0232. The van der Waals surface area contributed by atoms with E-state index in [-0.39, 0.29) is 11.8 Å². The monoisotopic (exact) mass is 343 g/mol. The standard InChI is InChI=1S/C20H29N3O2/c1-16-7-3-4-8-18(16)21-19(24)15-22-13-9-17(10-14-22)20(25)23-11-5-2-6-12-23/h3-4,7-8,17H,2,5-6,9-15H2,1H3,(H,21,24). The molecule has 0 spiro atoms. The Morgan fingerprint density at radius 3 is 2.40 bits per heavy atom. The second-order valence-corrected chi connectivity index (χ2v) is 7.30. The van der Waals surface area contributed by atoms with Crippen LogP contribution >= 0.6 is 0 Å². The molecule has 2 aliphatic rings. The van der Waals surface area contributed by atoms with Crippen LogP contribution in [0.25, 0.3) is 0 Å². The predicted molar refractivity (Wildman–Crippen MR) is 99.4 cm³/mol. The molecule has 0 atom stereocenters. The highest BCUT2D eigenvalue weighted by molar-refractivity contribution is 5.93. The number of anilines is 1. The summed E-state index contributed by atoms with van der Waals surface area (Å²) in [6.07, 6.45) is 5.27. The number of piperidine rings is 2. The number of para-hydroxylation sites is 1. The Morgan fingerprint density at radius 1 is 1.04 bits per heavy atom. The highest BCUT2D eigenvalue weighted by atomic mass is 16.2. The Morgan fingerprint density at radius 2 is 1.72 bits per heavy atom. The molecule has 0 saturated carbocycles. The van der Waals surface area contributed by atoms with Crippen LogP contribution in [0.4, 0.5) is 5.69 Å². The van der Waals surface area contributed by atoms with E-state index in [1.165, 1.54) is 6.42 Å². The molecule has 25 heavy (non-hydrogen) atoms. The van der Waals surface area contributed by atoms with Gasteiger partial charge in [0.25, 0.3) is 0 Å². The summed E-state index contributed by atoms with van der Waals surface area (Å²) in [6, 6.07) is 7.82. The lowest BCUT2D eigenvalue weighted by Crippen LogP contribution is -2.45. The largest absolute Gasteiger partial charge is 0.342 e. The number of hydrogen-bond donors (Lipinski definition) is 1. The summed E-state index contributed by atoms with van der Waals surface area (Å²) in [5.41, 5.74) is 1.95. The van der Waals surface area contributed by atoms with Crippen LogP contribution in [0, 0.1) is 12.8 Å². The van der Waals surface area contributed by atoms with Gasteiger partial charge in [0, 0.05) is 24.7 Å². The number of rotatable bonds is 4. The number of aryl methyl sites for hydroxylation is 1. The van der Waals surface area contributed by atoms with E-state index >= 15 is 0 Å². The zero-order chi connectivity index (χ0) is 17.6. The summed E-state index contributed by atoms with van der Waals surface area (Å²) in [5, 5.41) is 2.99. The van der Waals surface area contributed by atoms with E-state index in [2.05, 4.69) is 15.1 Å². The molecular formula is C20H29N3O2. The predicted octanol–water partition coefficient (Wildman–Crippen LogP) is 2.66. The average Bonchev–Trinajstić information content (AvgIpc) is 2.64. The van der Waals surface area contributed by atoms with Crippen molar-refractivity contribution in [2.45, 2.75) is 39.0 Å². The zero-order valence-corrected chi connectivity index (χ0v) is 15.2. The molecule has 1 aromatic rings. The Balaban J connectivity index is 1.43. The van der Waals surface area contributed by atoms with Crippen molar-refractivity contribution in [1.82, 2.24) is 9.80 Å². The summed E-state index contributed by atoms with van der Waals surface area (Å²) in [6.45, 7) is 5.90. The Labute approximate surface area is 150 Å². The molecule has 1 aromatic carbocycles. The lowest BCUT2D eigenvalue weighted by Gasteiger charge is -2.35. The van der Waals surface area contributed by atoms with Crippen LogP contribution in [0.2, 0.25) is 0 Å². The van der Waals surface area contributed by atoms with Gasteiger partial charge in [-0.15, -0.1) is 0 Å². The van der Waals surface area contributed by atoms with E-state index < -0.39 is 0 Å². The number of benzene rings is 1. The number of hydrogen-bond acceptors (Lipinski definition) is 3. The SMILES string of the molecule is Cc1ccccc1NC(=O)CN1CCC(C(=O)N2CCCCC2)CC1. The fraction of sp³-hybridized carbons (Fsp3) is 0.600. The number of carbonyl (C=O) groups excluding carboxylic acids is 2. The molecule has 2 amide bonds. The lowest BCUT2D eigenvalue weighted by molar-refractivity contribution is -0.138. The van der Waals surface area contributed by atoms with Crippen molar-refractivity contribution in [1.29, 1.82) is 0 Å². The number of carbonyl (C=O) groups is 2. The lowest BCUT2D eigenvalue weighted by atomic mass is 9.94. The van der Waals surface area contributed by atoms with Crippen molar-refractivity contribution in [3.8, 4) is 0 Å². The average molecular weight is 343 g/mol. The maximum absolute atomic E-state index is 12.6. The van der Waals surface area contributed by atoms with Crippen molar-refractivity contribution in [2.75, 3.05) is 38.0 Å². The number of nitrogens with zero attached hydrogens (tertiary/aromatic N) is 2. The van der Waals surface area contributed by atoms with Crippen molar-refractivity contribution < 1.29 is 9.59 Å². The van der Waals surface area contributed by atoms with Gasteiger partial charge < -0.3 is 10.2 Å². The van der Waals surface area contributed by atoms with E-state index in [4.69, 9.17) is 0 Å². The molecule has 2 fully saturated rings. The highest BCUT2D eigenvalue weighted by Gasteiger charge is 2.29. The molecule has 1 N–H and O–H groups in total. The molecule has 0 radical (unpaired) electrons. The maximum atomic E-state index is 12.6. The van der Waals surface area contributed by atoms with Crippen LogP contribution in [0.15, 0.2) is 24.3 Å². The van der Waals surface area contributed by atoms with Crippen LogP contribution in [0.3, 0.4) is 0 Å². The number of nitrogens with one attached hydrogen (secondary N) is 1.